The average Bonchev–Trinajstić information content (AvgIpc) is 3.32. The zero-order chi connectivity index (χ0) is 21.5. The van der Waals surface area contributed by atoms with Crippen molar-refractivity contribution in [1.82, 2.24) is 9.97 Å². The molecule has 7 heteroatoms. The lowest BCUT2D eigenvalue weighted by Crippen LogP contribution is -2.29. The Morgan fingerprint density at radius 3 is 2.61 bits per heavy atom. The van der Waals surface area contributed by atoms with Gasteiger partial charge in [-0.3, -0.25) is 19.5 Å². The Morgan fingerprint density at radius 1 is 1.06 bits per heavy atom. The van der Waals surface area contributed by atoms with Crippen LogP contribution in [0.1, 0.15) is 22.7 Å². The van der Waals surface area contributed by atoms with E-state index >= 15 is 0 Å². The molecule has 2 aromatic heterocycles. The Balaban J connectivity index is 1.73. The number of thiazole rings is 1. The van der Waals surface area contributed by atoms with Gasteiger partial charge in [0.1, 0.15) is 5.76 Å². The normalized spacial score (nSPS) is 18.1. The number of pyridine rings is 1. The van der Waals surface area contributed by atoms with E-state index in [1.54, 1.807) is 48.8 Å². The van der Waals surface area contributed by atoms with E-state index in [9.17, 15) is 14.7 Å². The molecule has 0 aliphatic carbocycles. The summed E-state index contributed by atoms with van der Waals surface area (Å²) in [6, 6.07) is 17.3. The van der Waals surface area contributed by atoms with Gasteiger partial charge < -0.3 is 5.11 Å². The molecule has 152 valence electrons. The van der Waals surface area contributed by atoms with Crippen molar-refractivity contribution < 1.29 is 14.7 Å². The molecule has 1 saturated heterocycles. The van der Waals surface area contributed by atoms with E-state index in [0.717, 1.165) is 15.8 Å². The highest BCUT2D eigenvalue weighted by Gasteiger charge is 2.48. The summed E-state index contributed by atoms with van der Waals surface area (Å²) in [5.41, 5.74) is 2.95. The predicted molar refractivity (Wildman–Crippen MR) is 120 cm³/mol. The molecule has 1 aliphatic heterocycles. The van der Waals surface area contributed by atoms with E-state index in [1.807, 2.05) is 31.2 Å². The van der Waals surface area contributed by atoms with Gasteiger partial charge in [0.2, 0.25) is 0 Å². The Labute approximate surface area is 182 Å². The SMILES string of the molecule is Cc1ccc2nc(N3C(=O)C(=O)/C(=C(/O)c4ccccc4)C3c3cccnc3)sc2c1. The number of aliphatic hydroxyl groups excluding tert-OH is 1. The third kappa shape index (κ3) is 3.19. The predicted octanol–water partition coefficient (Wildman–Crippen LogP) is 4.63. The molecular formula is C24H17N3O3S. The maximum atomic E-state index is 13.2. The first kappa shape index (κ1) is 19.1. The molecule has 0 spiro atoms. The van der Waals surface area contributed by atoms with Crippen LogP contribution in [0.15, 0.2) is 78.6 Å². The standard InChI is InChI=1S/C24H17N3O3S/c1-14-9-10-17-18(12-14)31-24(26-17)27-20(16-8-5-11-25-13-16)19(22(29)23(27)30)21(28)15-6-3-2-4-7-15/h2-13,20,28H,1H3/b21-19+. The highest BCUT2D eigenvalue weighted by Crippen LogP contribution is 2.44. The first-order chi connectivity index (χ1) is 15.0. The van der Waals surface area contributed by atoms with Crippen LogP contribution in [-0.4, -0.2) is 26.8 Å². The first-order valence-corrected chi connectivity index (χ1v) is 10.5. The third-order valence-corrected chi connectivity index (χ3v) is 6.25. The van der Waals surface area contributed by atoms with E-state index in [4.69, 9.17) is 0 Å². The van der Waals surface area contributed by atoms with Crippen molar-refractivity contribution in [2.75, 3.05) is 4.90 Å². The summed E-state index contributed by atoms with van der Waals surface area (Å²) in [7, 11) is 0. The van der Waals surface area contributed by atoms with E-state index in [2.05, 4.69) is 9.97 Å². The molecule has 1 unspecified atom stereocenters. The van der Waals surface area contributed by atoms with Crippen molar-refractivity contribution >= 4 is 44.1 Å². The maximum absolute atomic E-state index is 13.2. The maximum Gasteiger partial charge on any atom is 0.301 e. The number of aliphatic hydroxyl groups is 1. The van der Waals surface area contributed by atoms with Crippen LogP contribution in [-0.2, 0) is 9.59 Å². The lowest BCUT2D eigenvalue weighted by Gasteiger charge is -2.22. The number of nitrogens with zero attached hydrogens (tertiary/aromatic N) is 3. The number of hydrogen-bond donors (Lipinski definition) is 1. The number of rotatable bonds is 3. The van der Waals surface area contributed by atoms with Crippen molar-refractivity contribution in [3.63, 3.8) is 0 Å². The topological polar surface area (TPSA) is 83.4 Å². The van der Waals surface area contributed by atoms with Gasteiger partial charge in [0.05, 0.1) is 21.8 Å². The molecule has 0 radical (unpaired) electrons. The molecule has 2 aromatic carbocycles. The fraction of sp³-hybridized carbons (Fsp3) is 0.0833. The van der Waals surface area contributed by atoms with Gasteiger partial charge in [-0.1, -0.05) is 53.8 Å². The number of hydrogen-bond acceptors (Lipinski definition) is 6. The monoisotopic (exact) mass is 427 g/mol. The summed E-state index contributed by atoms with van der Waals surface area (Å²) in [6.45, 7) is 1.99. The van der Waals surface area contributed by atoms with Gasteiger partial charge in [0, 0.05) is 18.0 Å². The van der Waals surface area contributed by atoms with Crippen LogP contribution in [0.4, 0.5) is 5.13 Å². The van der Waals surface area contributed by atoms with E-state index in [-0.39, 0.29) is 11.3 Å². The number of anilines is 1. The largest absolute Gasteiger partial charge is 0.507 e. The molecule has 1 fully saturated rings. The zero-order valence-corrected chi connectivity index (χ0v) is 17.3. The number of Topliss-reactive ketones (excluding diaryl/α,β-unsaturated/α-hetero) is 1. The van der Waals surface area contributed by atoms with Crippen LogP contribution in [0.2, 0.25) is 0 Å². The van der Waals surface area contributed by atoms with Crippen molar-refractivity contribution in [2.24, 2.45) is 0 Å². The van der Waals surface area contributed by atoms with Crippen LogP contribution in [0, 0.1) is 6.92 Å². The highest BCUT2D eigenvalue weighted by atomic mass is 32.1. The smallest absolute Gasteiger partial charge is 0.301 e. The summed E-state index contributed by atoms with van der Waals surface area (Å²) in [5, 5.41) is 11.4. The minimum Gasteiger partial charge on any atom is -0.507 e. The molecule has 3 heterocycles. The van der Waals surface area contributed by atoms with Gasteiger partial charge in [-0.15, -0.1) is 0 Å². The molecule has 1 N–H and O–H groups in total. The quantitative estimate of drug-likeness (QED) is 0.293. The molecule has 31 heavy (non-hydrogen) atoms. The van der Waals surface area contributed by atoms with Gasteiger partial charge in [0.15, 0.2) is 5.13 Å². The lowest BCUT2D eigenvalue weighted by atomic mass is 9.96. The van der Waals surface area contributed by atoms with E-state index < -0.39 is 17.7 Å². The summed E-state index contributed by atoms with van der Waals surface area (Å²) in [5.74, 6) is -1.68. The molecular weight excluding hydrogens is 410 g/mol. The third-order valence-electron chi connectivity index (χ3n) is 5.23. The van der Waals surface area contributed by atoms with Gasteiger partial charge in [-0.25, -0.2) is 4.98 Å². The van der Waals surface area contributed by atoms with Crippen LogP contribution >= 0.6 is 11.3 Å². The number of benzene rings is 2. The minimum absolute atomic E-state index is 0.0274. The van der Waals surface area contributed by atoms with E-state index in [1.165, 1.54) is 16.2 Å². The molecule has 0 saturated carbocycles. The van der Waals surface area contributed by atoms with Crippen LogP contribution < -0.4 is 4.90 Å². The molecule has 1 aliphatic rings. The zero-order valence-electron chi connectivity index (χ0n) is 16.5. The van der Waals surface area contributed by atoms with Crippen molar-refractivity contribution in [3.8, 4) is 0 Å². The fourth-order valence-corrected chi connectivity index (χ4v) is 4.85. The number of amides is 1. The lowest BCUT2D eigenvalue weighted by molar-refractivity contribution is -0.132. The van der Waals surface area contributed by atoms with Gasteiger partial charge >= 0.3 is 5.91 Å². The van der Waals surface area contributed by atoms with Crippen molar-refractivity contribution in [2.45, 2.75) is 13.0 Å². The molecule has 1 amide bonds. The van der Waals surface area contributed by atoms with Gasteiger partial charge in [-0.05, 0) is 36.2 Å². The molecule has 0 bridgehead atoms. The summed E-state index contributed by atoms with van der Waals surface area (Å²) >= 11 is 1.34. The number of ketones is 1. The van der Waals surface area contributed by atoms with E-state index in [0.29, 0.717) is 16.3 Å². The van der Waals surface area contributed by atoms with Gasteiger partial charge in [-0.2, -0.15) is 0 Å². The first-order valence-electron chi connectivity index (χ1n) is 9.68. The molecule has 5 rings (SSSR count). The fourth-order valence-electron chi connectivity index (χ4n) is 3.76. The molecule has 4 aromatic rings. The second-order valence-electron chi connectivity index (χ2n) is 7.29. The molecule has 1 atom stereocenters. The number of aromatic nitrogens is 2. The Kier molecular flexibility index (Phi) is 4.60. The van der Waals surface area contributed by atoms with Crippen LogP contribution in [0.5, 0.6) is 0 Å². The summed E-state index contributed by atoms with van der Waals surface area (Å²) in [6.07, 6.45) is 3.21. The number of aryl methyl sites for hydroxylation is 1. The van der Waals surface area contributed by atoms with Crippen LogP contribution in [0.25, 0.3) is 16.0 Å². The number of fused-ring (bicyclic) bond motifs is 1. The minimum atomic E-state index is -0.824. The van der Waals surface area contributed by atoms with Gasteiger partial charge in [0.25, 0.3) is 5.78 Å². The average molecular weight is 427 g/mol. The van der Waals surface area contributed by atoms with Crippen molar-refractivity contribution in [3.05, 3.63) is 95.3 Å². The number of carbonyl (C=O) groups excluding carboxylic acids is 2. The second-order valence-corrected chi connectivity index (χ2v) is 8.30. The summed E-state index contributed by atoms with van der Waals surface area (Å²) in [4.78, 5) is 36.4. The Hall–Kier alpha value is -3.84. The summed E-state index contributed by atoms with van der Waals surface area (Å²) < 4.78 is 0.921. The van der Waals surface area contributed by atoms with Crippen molar-refractivity contribution in [1.29, 1.82) is 0 Å². The molecule has 6 nitrogen and oxygen atoms in total. The Morgan fingerprint density at radius 2 is 1.87 bits per heavy atom. The number of carbonyl (C=O) groups is 2. The van der Waals surface area contributed by atoms with Crippen LogP contribution in [0.3, 0.4) is 0 Å². The second kappa shape index (κ2) is 7.45. The highest BCUT2D eigenvalue weighted by molar-refractivity contribution is 7.22. The Bertz CT molecular complexity index is 1350.